The highest BCUT2D eigenvalue weighted by molar-refractivity contribution is 8.00. The molecule has 4 heteroatoms. The lowest BCUT2D eigenvalue weighted by Gasteiger charge is -2.29. The molecule has 0 aromatic heterocycles. The van der Waals surface area contributed by atoms with E-state index in [9.17, 15) is 4.79 Å². The second kappa shape index (κ2) is 8.85. The van der Waals surface area contributed by atoms with Crippen LogP contribution >= 0.6 is 11.8 Å². The Bertz CT molecular complexity index is 263. The molecule has 3 nitrogen and oxygen atoms in total. The van der Waals surface area contributed by atoms with E-state index in [1.54, 1.807) is 0 Å². The maximum absolute atomic E-state index is 12.1. The summed E-state index contributed by atoms with van der Waals surface area (Å²) < 4.78 is 5.48. The zero-order chi connectivity index (χ0) is 14.9. The molecule has 114 valence electrons. The summed E-state index contributed by atoms with van der Waals surface area (Å²) in [5.41, 5.74) is -0.537. The lowest BCUT2D eigenvalue weighted by atomic mass is 9.96. The highest BCUT2D eigenvalue weighted by Crippen LogP contribution is 2.25. The number of nitrogens with one attached hydrogen (secondary N) is 1. The largest absolute Gasteiger partial charge is 0.465 e. The summed E-state index contributed by atoms with van der Waals surface area (Å²) in [4.78, 5) is 12.1. The summed E-state index contributed by atoms with van der Waals surface area (Å²) in [6.07, 6.45) is 2.87. The summed E-state index contributed by atoms with van der Waals surface area (Å²) in [5, 5.41) is 3.34. The van der Waals surface area contributed by atoms with E-state index in [4.69, 9.17) is 4.74 Å². The van der Waals surface area contributed by atoms with Crippen LogP contribution in [0.5, 0.6) is 0 Å². The first-order valence-corrected chi connectivity index (χ1v) is 8.30. The Morgan fingerprint density at radius 3 is 2.32 bits per heavy atom. The van der Waals surface area contributed by atoms with E-state index in [1.165, 1.54) is 0 Å². The summed E-state index contributed by atoms with van der Waals surface area (Å²) >= 11 is 1.94. The Kier molecular flexibility index (Phi) is 8.75. The van der Waals surface area contributed by atoms with E-state index < -0.39 is 5.54 Å². The average molecular weight is 289 g/mol. The molecule has 1 atom stereocenters. The van der Waals surface area contributed by atoms with Gasteiger partial charge in [0.1, 0.15) is 5.54 Å². The molecular formula is C15H31NO2S. The van der Waals surface area contributed by atoms with Crippen LogP contribution in [-0.2, 0) is 9.53 Å². The van der Waals surface area contributed by atoms with Gasteiger partial charge in [-0.15, -0.1) is 0 Å². The fraction of sp³-hybridized carbons (Fsp3) is 0.933. The summed E-state index contributed by atoms with van der Waals surface area (Å²) in [6.45, 7) is 13.9. The molecular weight excluding hydrogens is 258 g/mol. The van der Waals surface area contributed by atoms with Crippen molar-refractivity contribution in [2.45, 2.75) is 71.1 Å². The number of rotatable bonds is 9. The minimum absolute atomic E-state index is 0.121. The maximum Gasteiger partial charge on any atom is 0.326 e. The Hall–Kier alpha value is -0.220. The van der Waals surface area contributed by atoms with Crippen molar-refractivity contribution in [1.82, 2.24) is 5.32 Å². The van der Waals surface area contributed by atoms with Gasteiger partial charge in [0, 0.05) is 4.75 Å². The number of thioether (sulfide) groups is 1. The minimum Gasteiger partial charge on any atom is -0.465 e. The van der Waals surface area contributed by atoms with E-state index >= 15 is 0 Å². The van der Waals surface area contributed by atoms with E-state index in [2.05, 4.69) is 33.0 Å². The van der Waals surface area contributed by atoms with Gasteiger partial charge in [-0.3, -0.25) is 4.79 Å². The van der Waals surface area contributed by atoms with Crippen LogP contribution in [0.4, 0.5) is 0 Å². The molecule has 0 fully saturated rings. The molecule has 0 aliphatic carbocycles. The van der Waals surface area contributed by atoms with Crippen LogP contribution in [0.3, 0.4) is 0 Å². The molecule has 0 aliphatic rings. The molecule has 0 radical (unpaired) electrons. The molecule has 1 N–H and O–H groups in total. The minimum atomic E-state index is -0.537. The molecule has 19 heavy (non-hydrogen) atoms. The molecule has 0 aromatic carbocycles. The first kappa shape index (κ1) is 18.8. The number of esters is 1. The number of ether oxygens (including phenoxy) is 1. The number of carbonyl (C=O) groups is 1. The molecule has 0 saturated carbocycles. The van der Waals surface area contributed by atoms with Crippen LogP contribution < -0.4 is 5.32 Å². The van der Waals surface area contributed by atoms with Gasteiger partial charge in [-0.2, -0.15) is 11.8 Å². The van der Waals surface area contributed by atoms with Gasteiger partial charge in [-0.05, 0) is 45.4 Å². The van der Waals surface area contributed by atoms with Crippen LogP contribution in [0.2, 0.25) is 0 Å². The van der Waals surface area contributed by atoms with Gasteiger partial charge in [-0.1, -0.05) is 27.7 Å². The molecule has 0 aromatic rings. The van der Waals surface area contributed by atoms with E-state index in [-0.39, 0.29) is 10.7 Å². The second-order valence-electron chi connectivity index (χ2n) is 6.04. The molecule has 0 heterocycles. The van der Waals surface area contributed by atoms with Crippen molar-refractivity contribution in [1.29, 1.82) is 0 Å². The first-order valence-electron chi connectivity index (χ1n) is 7.31. The Morgan fingerprint density at radius 2 is 1.84 bits per heavy atom. The van der Waals surface area contributed by atoms with Crippen molar-refractivity contribution in [3.05, 3.63) is 0 Å². The first-order chi connectivity index (χ1) is 8.75. The summed E-state index contributed by atoms with van der Waals surface area (Å²) in [7, 11) is 0. The summed E-state index contributed by atoms with van der Waals surface area (Å²) in [5.74, 6) is 0.955. The van der Waals surface area contributed by atoms with Gasteiger partial charge < -0.3 is 10.1 Å². The zero-order valence-corrected chi connectivity index (χ0v) is 14.3. The fourth-order valence-electron chi connectivity index (χ4n) is 1.76. The second-order valence-corrected chi connectivity index (χ2v) is 7.97. The van der Waals surface area contributed by atoms with Crippen molar-refractivity contribution in [3.63, 3.8) is 0 Å². The Balaban J connectivity index is 4.30. The number of carbonyl (C=O) groups excluding carboxylic acids is 1. The SMILES string of the molecule is CCCNC(C)(CCCSC(C)(C)C)C(=O)OCC. The van der Waals surface area contributed by atoms with Crippen LogP contribution in [0.25, 0.3) is 0 Å². The van der Waals surface area contributed by atoms with Gasteiger partial charge in [0.2, 0.25) is 0 Å². The lowest BCUT2D eigenvalue weighted by Crippen LogP contribution is -2.50. The van der Waals surface area contributed by atoms with Crippen molar-refractivity contribution in [2.24, 2.45) is 0 Å². The van der Waals surface area contributed by atoms with Gasteiger partial charge >= 0.3 is 5.97 Å². The van der Waals surface area contributed by atoms with Crippen LogP contribution in [-0.4, -0.2) is 35.2 Å². The van der Waals surface area contributed by atoms with E-state index in [0.29, 0.717) is 6.61 Å². The van der Waals surface area contributed by atoms with Crippen molar-refractivity contribution in [2.75, 3.05) is 18.9 Å². The Morgan fingerprint density at radius 1 is 1.21 bits per heavy atom. The normalized spacial score (nSPS) is 15.1. The molecule has 1 unspecified atom stereocenters. The van der Waals surface area contributed by atoms with Crippen LogP contribution in [0.15, 0.2) is 0 Å². The smallest absolute Gasteiger partial charge is 0.326 e. The lowest BCUT2D eigenvalue weighted by molar-refractivity contribution is -0.150. The molecule has 0 spiro atoms. The predicted octanol–water partition coefficient (Wildman–Crippen LogP) is 3.62. The van der Waals surface area contributed by atoms with Crippen molar-refractivity contribution < 1.29 is 9.53 Å². The van der Waals surface area contributed by atoms with Gasteiger partial charge in [0.25, 0.3) is 0 Å². The quantitative estimate of drug-likeness (QED) is 0.520. The molecule has 0 aliphatic heterocycles. The molecule has 0 amide bonds. The third kappa shape index (κ3) is 8.53. The van der Waals surface area contributed by atoms with Crippen LogP contribution in [0.1, 0.15) is 60.8 Å². The predicted molar refractivity (Wildman–Crippen MR) is 84.8 cm³/mol. The summed E-state index contributed by atoms with van der Waals surface area (Å²) in [6, 6.07) is 0. The molecule has 0 rings (SSSR count). The number of hydrogen-bond acceptors (Lipinski definition) is 4. The van der Waals surface area contributed by atoms with E-state index in [0.717, 1.165) is 31.6 Å². The highest BCUT2D eigenvalue weighted by atomic mass is 32.2. The monoisotopic (exact) mass is 289 g/mol. The average Bonchev–Trinajstić information content (AvgIpc) is 2.31. The van der Waals surface area contributed by atoms with Crippen LogP contribution in [0, 0.1) is 0 Å². The maximum atomic E-state index is 12.1. The molecule has 0 bridgehead atoms. The van der Waals surface area contributed by atoms with Crippen molar-refractivity contribution in [3.8, 4) is 0 Å². The van der Waals surface area contributed by atoms with Gasteiger partial charge in [0.05, 0.1) is 6.61 Å². The Labute approximate surface area is 123 Å². The molecule has 0 saturated heterocycles. The number of hydrogen-bond donors (Lipinski definition) is 1. The zero-order valence-electron chi connectivity index (χ0n) is 13.5. The third-order valence-corrected chi connectivity index (χ3v) is 4.21. The van der Waals surface area contributed by atoms with Gasteiger partial charge in [0.15, 0.2) is 0 Å². The fourth-order valence-corrected chi connectivity index (χ4v) is 2.66. The van der Waals surface area contributed by atoms with Gasteiger partial charge in [-0.25, -0.2) is 0 Å². The topological polar surface area (TPSA) is 38.3 Å². The van der Waals surface area contributed by atoms with E-state index in [1.807, 2.05) is 25.6 Å². The van der Waals surface area contributed by atoms with Crippen molar-refractivity contribution >= 4 is 17.7 Å². The third-order valence-electron chi connectivity index (χ3n) is 2.85. The highest BCUT2D eigenvalue weighted by Gasteiger charge is 2.33. The standard InChI is InChI=1S/C15H31NO2S/c1-7-11-16-15(6,13(17)18-8-2)10-9-12-19-14(3,4)5/h16H,7-12H2,1-6H3.